The molecule has 3 N–H and O–H groups in total. The molecule has 0 unspecified atom stereocenters. The number of hydrazine groups is 1. The van der Waals surface area contributed by atoms with Gasteiger partial charge in [0.15, 0.2) is 0 Å². The Kier molecular flexibility index (Phi) is 5.23. The summed E-state index contributed by atoms with van der Waals surface area (Å²) in [6, 6.07) is 41.8. The van der Waals surface area contributed by atoms with Gasteiger partial charge in [0.1, 0.15) is 0 Å². The molecular weight excluding hydrogens is 378 g/mol. The van der Waals surface area contributed by atoms with Gasteiger partial charge in [-0.05, 0) is 70.4 Å². The summed E-state index contributed by atoms with van der Waals surface area (Å²) < 4.78 is 0. The van der Waals surface area contributed by atoms with Crippen LogP contribution in [-0.2, 0) is 0 Å². The van der Waals surface area contributed by atoms with Crippen molar-refractivity contribution in [3.8, 4) is 11.1 Å². The first-order valence-corrected chi connectivity index (χ1v) is 10.4. The van der Waals surface area contributed by atoms with Gasteiger partial charge in [-0.3, -0.25) is 0 Å². The Morgan fingerprint density at radius 3 is 1.68 bits per heavy atom. The second-order valence-electron chi connectivity index (χ2n) is 7.42. The molecule has 3 heteroatoms. The Labute approximate surface area is 182 Å². The molecule has 5 aromatic carbocycles. The standard InChI is InChI=1S/C28H23N3/c1-2-9-23(10-3-1)29-24-17-19-26(20-18-24)31-30-25-15-13-22(14-16-25)28-12-6-8-21-7-4-5-11-27(21)28/h1-20,29-31H. The average molecular weight is 402 g/mol. The minimum atomic E-state index is 0.997. The van der Waals surface area contributed by atoms with Gasteiger partial charge in [0.05, 0.1) is 11.4 Å². The molecule has 0 saturated carbocycles. The first-order valence-electron chi connectivity index (χ1n) is 10.4. The number of rotatable bonds is 6. The first kappa shape index (κ1) is 18.8. The lowest BCUT2D eigenvalue weighted by molar-refractivity contribution is 1.41. The molecule has 0 atom stereocenters. The number of nitrogens with one attached hydrogen (secondary N) is 3. The fourth-order valence-electron chi connectivity index (χ4n) is 3.68. The van der Waals surface area contributed by atoms with Crippen molar-refractivity contribution in [2.75, 3.05) is 16.2 Å². The second kappa shape index (κ2) is 8.64. The van der Waals surface area contributed by atoms with Crippen molar-refractivity contribution in [2.24, 2.45) is 0 Å². The minimum absolute atomic E-state index is 0.997. The van der Waals surface area contributed by atoms with Crippen LogP contribution in [0.1, 0.15) is 0 Å². The zero-order valence-electron chi connectivity index (χ0n) is 17.0. The van der Waals surface area contributed by atoms with Crippen molar-refractivity contribution >= 4 is 33.5 Å². The lowest BCUT2D eigenvalue weighted by atomic mass is 9.98. The molecule has 31 heavy (non-hydrogen) atoms. The lowest BCUT2D eigenvalue weighted by Crippen LogP contribution is -2.08. The number of hydrogen-bond acceptors (Lipinski definition) is 3. The molecule has 0 aromatic heterocycles. The van der Waals surface area contributed by atoms with Crippen LogP contribution in [0.15, 0.2) is 121 Å². The summed E-state index contributed by atoms with van der Waals surface area (Å²) in [4.78, 5) is 0. The highest BCUT2D eigenvalue weighted by molar-refractivity contribution is 5.96. The van der Waals surface area contributed by atoms with E-state index in [9.17, 15) is 0 Å². The quantitative estimate of drug-likeness (QED) is 0.255. The van der Waals surface area contributed by atoms with E-state index in [0.717, 1.165) is 22.7 Å². The van der Waals surface area contributed by atoms with Gasteiger partial charge >= 0.3 is 0 Å². The molecule has 0 amide bonds. The molecule has 0 fully saturated rings. The summed E-state index contributed by atoms with van der Waals surface area (Å²) in [6.45, 7) is 0. The highest BCUT2D eigenvalue weighted by Gasteiger charge is 2.03. The molecule has 0 bridgehead atoms. The van der Waals surface area contributed by atoms with Crippen LogP contribution in [0.3, 0.4) is 0 Å². The van der Waals surface area contributed by atoms with E-state index in [1.54, 1.807) is 0 Å². The lowest BCUT2D eigenvalue weighted by Gasteiger charge is -2.12. The Hall–Kier alpha value is -4.24. The van der Waals surface area contributed by atoms with Gasteiger partial charge < -0.3 is 16.2 Å². The van der Waals surface area contributed by atoms with E-state index < -0.39 is 0 Å². The Bertz CT molecular complexity index is 1270. The van der Waals surface area contributed by atoms with E-state index >= 15 is 0 Å². The molecular formula is C28H23N3. The van der Waals surface area contributed by atoms with Crippen molar-refractivity contribution in [1.29, 1.82) is 0 Å². The van der Waals surface area contributed by atoms with Crippen LogP contribution in [0.5, 0.6) is 0 Å². The van der Waals surface area contributed by atoms with Gasteiger partial charge in [0, 0.05) is 11.4 Å². The molecule has 0 saturated heterocycles. The maximum atomic E-state index is 3.39. The number of hydrogen-bond donors (Lipinski definition) is 3. The summed E-state index contributed by atoms with van der Waals surface area (Å²) in [5.74, 6) is 0. The predicted molar refractivity (Wildman–Crippen MR) is 133 cm³/mol. The fourth-order valence-corrected chi connectivity index (χ4v) is 3.68. The summed E-state index contributed by atoms with van der Waals surface area (Å²) in [5, 5.41) is 5.92. The Balaban J connectivity index is 1.24. The molecule has 0 aliphatic heterocycles. The fraction of sp³-hybridized carbons (Fsp3) is 0. The van der Waals surface area contributed by atoms with Gasteiger partial charge in [-0.25, -0.2) is 0 Å². The molecule has 150 valence electrons. The molecule has 5 aromatic rings. The highest BCUT2D eigenvalue weighted by atomic mass is 15.4. The number of fused-ring (bicyclic) bond motifs is 1. The van der Waals surface area contributed by atoms with E-state index in [0.29, 0.717) is 0 Å². The molecule has 0 aliphatic carbocycles. The van der Waals surface area contributed by atoms with Gasteiger partial charge in [0.25, 0.3) is 0 Å². The number of anilines is 4. The van der Waals surface area contributed by atoms with E-state index in [4.69, 9.17) is 0 Å². The topological polar surface area (TPSA) is 36.1 Å². The minimum Gasteiger partial charge on any atom is -0.356 e. The predicted octanol–water partition coefficient (Wildman–Crippen LogP) is 7.69. The SMILES string of the molecule is c1ccc(Nc2ccc(NNc3ccc(-c4cccc5ccccc45)cc3)cc2)cc1. The molecule has 5 rings (SSSR count). The smallest absolute Gasteiger partial charge is 0.0541 e. The summed E-state index contributed by atoms with van der Waals surface area (Å²) >= 11 is 0. The van der Waals surface area contributed by atoms with Crippen LogP contribution < -0.4 is 16.2 Å². The van der Waals surface area contributed by atoms with E-state index in [1.807, 2.05) is 30.3 Å². The highest BCUT2D eigenvalue weighted by Crippen LogP contribution is 2.29. The number of para-hydroxylation sites is 1. The normalized spacial score (nSPS) is 10.6. The third-order valence-electron chi connectivity index (χ3n) is 5.28. The van der Waals surface area contributed by atoms with Crippen LogP contribution in [-0.4, -0.2) is 0 Å². The third kappa shape index (κ3) is 4.36. The van der Waals surface area contributed by atoms with Crippen molar-refractivity contribution in [2.45, 2.75) is 0 Å². The summed E-state index contributed by atoms with van der Waals surface area (Å²) in [6.07, 6.45) is 0. The molecule has 3 nitrogen and oxygen atoms in total. The maximum Gasteiger partial charge on any atom is 0.0541 e. The van der Waals surface area contributed by atoms with E-state index in [-0.39, 0.29) is 0 Å². The van der Waals surface area contributed by atoms with Gasteiger partial charge in [-0.2, -0.15) is 0 Å². The maximum absolute atomic E-state index is 3.39. The first-order chi connectivity index (χ1) is 15.3. The monoisotopic (exact) mass is 401 g/mol. The summed E-state index contributed by atoms with van der Waals surface area (Å²) in [7, 11) is 0. The van der Waals surface area contributed by atoms with E-state index in [2.05, 4.69) is 107 Å². The average Bonchev–Trinajstić information content (AvgIpc) is 2.84. The second-order valence-corrected chi connectivity index (χ2v) is 7.42. The molecule has 0 aliphatic rings. The zero-order valence-corrected chi connectivity index (χ0v) is 17.0. The Morgan fingerprint density at radius 2 is 0.935 bits per heavy atom. The van der Waals surface area contributed by atoms with Crippen molar-refractivity contribution in [3.63, 3.8) is 0 Å². The van der Waals surface area contributed by atoms with Crippen molar-refractivity contribution in [1.82, 2.24) is 0 Å². The largest absolute Gasteiger partial charge is 0.356 e. The molecule has 0 heterocycles. The zero-order chi connectivity index (χ0) is 20.9. The molecule has 0 radical (unpaired) electrons. The van der Waals surface area contributed by atoms with Gasteiger partial charge in [-0.1, -0.05) is 72.8 Å². The van der Waals surface area contributed by atoms with Crippen molar-refractivity contribution < 1.29 is 0 Å². The van der Waals surface area contributed by atoms with Crippen LogP contribution in [0.4, 0.5) is 22.7 Å². The molecule has 0 spiro atoms. The van der Waals surface area contributed by atoms with Gasteiger partial charge in [-0.15, -0.1) is 0 Å². The third-order valence-corrected chi connectivity index (χ3v) is 5.28. The van der Waals surface area contributed by atoms with E-state index in [1.165, 1.54) is 21.9 Å². The van der Waals surface area contributed by atoms with Crippen molar-refractivity contribution in [3.05, 3.63) is 121 Å². The van der Waals surface area contributed by atoms with Gasteiger partial charge in [0.2, 0.25) is 0 Å². The number of benzene rings is 5. The van der Waals surface area contributed by atoms with Crippen LogP contribution in [0.25, 0.3) is 21.9 Å². The van der Waals surface area contributed by atoms with Crippen LogP contribution >= 0.6 is 0 Å². The summed E-state index contributed by atoms with van der Waals surface area (Å²) in [5.41, 5.74) is 13.1. The van der Waals surface area contributed by atoms with Crippen LogP contribution in [0.2, 0.25) is 0 Å². The Morgan fingerprint density at radius 1 is 0.387 bits per heavy atom. The van der Waals surface area contributed by atoms with Crippen LogP contribution in [0, 0.1) is 0 Å².